The van der Waals surface area contributed by atoms with Crippen LogP contribution in [-0.2, 0) is 0 Å². The summed E-state index contributed by atoms with van der Waals surface area (Å²) in [5.41, 5.74) is 0.740. The maximum Gasteiger partial charge on any atom is 0.170 e. The highest BCUT2D eigenvalue weighted by molar-refractivity contribution is 7.80. The van der Waals surface area contributed by atoms with E-state index in [1.165, 1.54) is 0 Å². The van der Waals surface area contributed by atoms with Crippen LogP contribution in [0.5, 0.6) is 11.5 Å². The predicted octanol–water partition coefficient (Wildman–Crippen LogP) is 0.982. The Balaban J connectivity index is 2.73. The molecule has 0 aliphatic carbocycles. The molecule has 0 aliphatic rings. The van der Waals surface area contributed by atoms with Gasteiger partial charge in [0.1, 0.15) is 11.5 Å². The predicted molar refractivity (Wildman–Crippen MR) is 70.9 cm³/mol. The molecule has 94 valence electrons. The first kappa shape index (κ1) is 13.5. The maximum atomic E-state index is 8.66. The Morgan fingerprint density at radius 2 is 2.12 bits per heavy atom. The van der Waals surface area contributed by atoms with Gasteiger partial charge in [0.05, 0.1) is 26.5 Å². The molecule has 1 aromatic rings. The van der Waals surface area contributed by atoms with Crippen LogP contribution in [0, 0.1) is 0 Å². The molecule has 0 saturated heterocycles. The lowest BCUT2D eigenvalue weighted by molar-refractivity contribution is 0.300. The number of hydrogen-bond acceptors (Lipinski definition) is 4. The molecule has 0 radical (unpaired) electrons. The molecule has 0 unspecified atom stereocenters. The van der Waals surface area contributed by atoms with E-state index in [-0.39, 0.29) is 6.61 Å². The Kier molecular flexibility index (Phi) is 5.51. The highest BCUT2D eigenvalue weighted by atomic mass is 32.1. The molecule has 0 fully saturated rings. The molecule has 0 amide bonds. The Bertz CT molecular complexity index is 385. The maximum absolute atomic E-state index is 8.66. The Hall–Kier alpha value is -1.53. The van der Waals surface area contributed by atoms with Gasteiger partial charge in [-0.15, -0.1) is 0 Å². The molecule has 0 saturated carbocycles. The number of aliphatic hydroxyl groups excluding tert-OH is 1. The molecule has 0 bridgehead atoms. The Labute approximate surface area is 106 Å². The molecule has 0 atom stereocenters. The fourth-order valence-electron chi connectivity index (χ4n) is 1.24. The molecule has 0 aliphatic heterocycles. The van der Waals surface area contributed by atoms with Gasteiger partial charge in [-0.2, -0.15) is 0 Å². The summed E-state index contributed by atoms with van der Waals surface area (Å²) in [6.07, 6.45) is 0. The average Bonchev–Trinajstić information content (AvgIpc) is 2.36. The van der Waals surface area contributed by atoms with Gasteiger partial charge in [0.15, 0.2) is 5.11 Å². The number of thiocarbonyl (C=S) groups is 1. The summed E-state index contributed by atoms with van der Waals surface area (Å²) in [6, 6.07) is 5.38. The van der Waals surface area contributed by atoms with Crippen molar-refractivity contribution in [3.8, 4) is 11.5 Å². The molecular formula is C11H16N2O3S. The molecule has 0 spiro atoms. The van der Waals surface area contributed by atoms with Crippen molar-refractivity contribution >= 4 is 23.0 Å². The molecule has 17 heavy (non-hydrogen) atoms. The average molecular weight is 256 g/mol. The van der Waals surface area contributed by atoms with Crippen LogP contribution in [0.15, 0.2) is 18.2 Å². The van der Waals surface area contributed by atoms with E-state index in [1.54, 1.807) is 26.4 Å². The highest BCUT2D eigenvalue weighted by Crippen LogP contribution is 2.28. The summed E-state index contributed by atoms with van der Waals surface area (Å²) in [5, 5.41) is 14.9. The second-order valence-electron chi connectivity index (χ2n) is 3.17. The third kappa shape index (κ3) is 4.08. The number of nitrogens with one attached hydrogen (secondary N) is 2. The fourth-order valence-corrected chi connectivity index (χ4v) is 1.45. The molecule has 5 nitrogen and oxygen atoms in total. The summed E-state index contributed by atoms with van der Waals surface area (Å²) in [6.45, 7) is 0.436. The van der Waals surface area contributed by atoms with Crippen molar-refractivity contribution in [3.63, 3.8) is 0 Å². The van der Waals surface area contributed by atoms with Crippen molar-refractivity contribution in [3.05, 3.63) is 18.2 Å². The second-order valence-corrected chi connectivity index (χ2v) is 3.58. The van der Waals surface area contributed by atoms with Crippen LogP contribution in [0.4, 0.5) is 5.69 Å². The minimum absolute atomic E-state index is 0.0293. The van der Waals surface area contributed by atoms with Crippen LogP contribution < -0.4 is 20.1 Å². The van der Waals surface area contributed by atoms with Gasteiger partial charge >= 0.3 is 0 Å². The standard InChI is InChI=1S/C11H16N2O3S/c1-15-8-3-4-9(10(7-8)16-2)13-11(17)12-5-6-14/h3-4,7,14H,5-6H2,1-2H3,(H2,12,13,17). The van der Waals surface area contributed by atoms with Gasteiger partial charge in [0, 0.05) is 12.6 Å². The van der Waals surface area contributed by atoms with E-state index in [2.05, 4.69) is 10.6 Å². The van der Waals surface area contributed by atoms with Crippen LogP contribution >= 0.6 is 12.2 Å². The number of benzene rings is 1. The van der Waals surface area contributed by atoms with E-state index < -0.39 is 0 Å². The third-order valence-electron chi connectivity index (χ3n) is 2.05. The minimum Gasteiger partial charge on any atom is -0.497 e. The lowest BCUT2D eigenvalue weighted by Crippen LogP contribution is -2.30. The van der Waals surface area contributed by atoms with E-state index in [0.717, 1.165) is 5.69 Å². The number of ether oxygens (including phenoxy) is 2. The van der Waals surface area contributed by atoms with E-state index in [1.807, 2.05) is 6.07 Å². The first-order valence-electron chi connectivity index (χ1n) is 5.09. The van der Waals surface area contributed by atoms with Crippen LogP contribution in [0.1, 0.15) is 0 Å². The van der Waals surface area contributed by atoms with Crippen molar-refractivity contribution in [2.45, 2.75) is 0 Å². The zero-order valence-corrected chi connectivity index (χ0v) is 10.6. The van der Waals surface area contributed by atoms with Crippen LogP contribution in [0.25, 0.3) is 0 Å². The number of rotatable bonds is 5. The van der Waals surface area contributed by atoms with Gasteiger partial charge in [-0.25, -0.2) is 0 Å². The zero-order valence-electron chi connectivity index (χ0n) is 9.82. The zero-order chi connectivity index (χ0) is 12.7. The Morgan fingerprint density at radius 3 is 2.71 bits per heavy atom. The first-order chi connectivity index (χ1) is 8.21. The monoisotopic (exact) mass is 256 g/mol. The largest absolute Gasteiger partial charge is 0.497 e. The minimum atomic E-state index is 0.0293. The van der Waals surface area contributed by atoms with Crippen molar-refractivity contribution < 1.29 is 14.6 Å². The van der Waals surface area contributed by atoms with Gasteiger partial charge in [-0.3, -0.25) is 0 Å². The van der Waals surface area contributed by atoms with Gasteiger partial charge in [-0.1, -0.05) is 0 Å². The summed E-state index contributed by atoms with van der Waals surface area (Å²) in [5.74, 6) is 1.35. The quantitative estimate of drug-likeness (QED) is 0.683. The van der Waals surface area contributed by atoms with Crippen molar-refractivity contribution in [2.24, 2.45) is 0 Å². The normalized spacial score (nSPS) is 9.59. The van der Waals surface area contributed by atoms with Crippen LogP contribution in [0.3, 0.4) is 0 Å². The van der Waals surface area contributed by atoms with Gasteiger partial charge < -0.3 is 25.2 Å². The molecule has 1 rings (SSSR count). The number of methoxy groups -OCH3 is 2. The molecule has 3 N–H and O–H groups in total. The van der Waals surface area contributed by atoms with E-state index in [4.69, 9.17) is 26.8 Å². The Morgan fingerprint density at radius 1 is 1.35 bits per heavy atom. The number of anilines is 1. The highest BCUT2D eigenvalue weighted by Gasteiger charge is 2.06. The summed E-state index contributed by atoms with van der Waals surface area (Å²) in [4.78, 5) is 0. The summed E-state index contributed by atoms with van der Waals surface area (Å²) < 4.78 is 10.3. The van der Waals surface area contributed by atoms with E-state index >= 15 is 0 Å². The fraction of sp³-hybridized carbons (Fsp3) is 0.364. The van der Waals surface area contributed by atoms with Crippen LogP contribution in [-0.4, -0.2) is 37.6 Å². The van der Waals surface area contributed by atoms with Crippen molar-refractivity contribution in [2.75, 3.05) is 32.7 Å². The molecule has 6 heteroatoms. The number of hydrogen-bond donors (Lipinski definition) is 3. The SMILES string of the molecule is COc1ccc(NC(=S)NCCO)c(OC)c1. The first-order valence-corrected chi connectivity index (χ1v) is 5.49. The summed E-state index contributed by atoms with van der Waals surface area (Å²) >= 11 is 5.05. The van der Waals surface area contributed by atoms with E-state index in [0.29, 0.717) is 23.2 Å². The topological polar surface area (TPSA) is 62.8 Å². The molecule has 1 aromatic carbocycles. The lowest BCUT2D eigenvalue weighted by atomic mass is 10.2. The summed E-state index contributed by atoms with van der Waals surface area (Å²) in [7, 11) is 3.17. The molecule has 0 aromatic heterocycles. The third-order valence-corrected chi connectivity index (χ3v) is 2.30. The van der Waals surface area contributed by atoms with Gasteiger partial charge in [-0.05, 0) is 24.4 Å². The molecule has 0 heterocycles. The second kappa shape index (κ2) is 6.93. The van der Waals surface area contributed by atoms with Gasteiger partial charge in [0.2, 0.25) is 0 Å². The van der Waals surface area contributed by atoms with Gasteiger partial charge in [0.25, 0.3) is 0 Å². The molecular weight excluding hydrogens is 240 g/mol. The van der Waals surface area contributed by atoms with E-state index in [9.17, 15) is 0 Å². The van der Waals surface area contributed by atoms with Crippen molar-refractivity contribution in [1.82, 2.24) is 5.32 Å². The van der Waals surface area contributed by atoms with Crippen molar-refractivity contribution in [1.29, 1.82) is 0 Å². The number of aliphatic hydroxyl groups is 1. The van der Waals surface area contributed by atoms with Crippen LogP contribution in [0.2, 0.25) is 0 Å². The smallest absolute Gasteiger partial charge is 0.170 e. The lowest BCUT2D eigenvalue weighted by Gasteiger charge is -2.13.